The first-order valence-corrected chi connectivity index (χ1v) is 8.28. The van der Waals surface area contributed by atoms with Gasteiger partial charge in [0.15, 0.2) is 0 Å². The summed E-state index contributed by atoms with van der Waals surface area (Å²) >= 11 is 12.2. The van der Waals surface area contributed by atoms with Gasteiger partial charge in [0.1, 0.15) is 6.54 Å². The Morgan fingerprint density at radius 1 is 1.20 bits per heavy atom. The number of hydrogen-bond acceptors (Lipinski definition) is 4. The second-order valence-electron chi connectivity index (χ2n) is 5.64. The van der Waals surface area contributed by atoms with Crippen LogP contribution in [-0.2, 0) is 11.3 Å². The van der Waals surface area contributed by atoms with Crippen molar-refractivity contribution in [1.82, 2.24) is 20.2 Å². The summed E-state index contributed by atoms with van der Waals surface area (Å²) in [5.74, 6) is 0.115. The fourth-order valence-corrected chi connectivity index (χ4v) is 2.99. The highest BCUT2D eigenvalue weighted by atomic mass is 35.5. The molecule has 128 valence electrons. The number of benzene rings is 2. The largest absolute Gasteiger partial charge is 0.323 e. The van der Waals surface area contributed by atoms with Crippen molar-refractivity contribution in [2.75, 3.05) is 5.32 Å². The monoisotopic (exact) mass is 375 g/mol. The Morgan fingerprint density at radius 2 is 2.00 bits per heavy atom. The minimum Gasteiger partial charge on any atom is -0.323 e. The molecule has 1 N–H and O–H groups in total. The summed E-state index contributed by atoms with van der Waals surface area (Å²) in [6, 6.07) is 10.9. The Balaban J connectivity index is 1.72. The number of tetrazole rings is 1. The summed E-state index contributed by atoms with van der Waals surface area (Å²) in [7, 11) is 0. The van der Waals surface area contributed by atoms with Crippen LogP contribution in [0.2, 0.25) is 10.0 Å². The van der Waals surface area contributed by atoms with Crippen molar-refractivity contribution in [2.45, 2.75) is 20.4 Å². The van der Waals surface area contributed by atoms with Crippen molar-refractivity contribution in [3.8, 4) is 11.4 Å². The van der Waals surface area contributed by atoms with Crippen molar-refractivity contribution >= 4 is 34.8 Å². The molecule has 1 aromatic heterocycles. The van der Waals surface area contributed by atoms with Crippen LogP contribution in [0, 0.1) is 13.8 Å². The van der Waals surface area contributed by atoms with Crippen molar-refractivity contribution in [2.24, 2.45) is 0 Å². The number of rotatable bonds is 4. The first-order valence-electron chi connectivity index (χ1n) is 7.53. The number of amides is 1. The third-order valence-corrected chi connectivity index (χ3v) is 4.05. The van der Waals surface area contributed by atoms with Gasteiger partial charge >= 0.3 is 0 Å². The number of hydrogen-bond donors (Lipinski definition) is 1. The van der Waals surface area contributed by atoms with E-state index in [1.807, 2.05) is 26.0 Å². The third kappa shape index (κ3) is 4.15. The number of nitrogens with one attached hydrogen (secondary N) is 1. The van der Waals surface area contributed by atoms with E-state index in [0.717, 1.165) is 16.7 Å². The van der Waals surface area contributed by atoms with Crippen molar-refractivity contribution < 1.29 is 4.79 Å². The summed E-state index contributed by atoms with van der Waals surface area (Å²) in [6.45, 7) is 3.76. The third-order valence-electron chi connectivity index (χ3n) is 3.52. The number of anilines is 1. The highest BCUT2D eigenvalue weighted by Crippen LogP contribution is 2.27. The average Bonchev–Trinajstić information content (AvgIpc) is 2.99. The Morgan fingerprint density at radius 3 is 2.72 bits per heavy atom. The number of nitrogens with zero attached hydrogens (tertiary/aromatic N) is 4. The van der Waals surface area contributed by atoms with E-state index >= 15 is 0 Å². The van der Waals surface area contributed by atoms with Crippen molar-refractivity contribution in [1.29, 1.82) is 0 Å². The zero-order valence-corrected chi connectivity index (χ0v) is 15.1. The van der Waals surface area contributed by atoms with Gasteiger partial charge < -0.3 is 5.32 Å². The summed E-state index contributed by atoms with van der Waals surface area (Å²) in [5, 5.41) is 15.9. The highest BCUT2D eigenvalue weighted by molar-refractivity contribution is 6.34. The molecule has 0 fully saturated rings. The second-order valence-corrected chi connectivity index (χ2v) is 6.48. The van der Waals surface area contributed by atoms with E-state index in [1.54, 1.807) is 24.3 Å². The topological polar surface area (TPSA) is 72.7 Å². The van der Waals surface area contributed by atoms with Gasteiger partial charge in [-0.2, -0.15) is 4.80 Å². The predicted octanol–water partition coefficient (Wildman–Crippen LogP) is 3.90. The fourth-order valence-electron chi connectivity index (χ4n) is 2.43. The molecule has 0 aliphatic heterocycles. The summed E-state index contributed by atoms with van der Waals surface area (Å²) < 4.78 is 0. The maximum atomic E-state index is 12.3. The standard InChI is InChI=1S/C17H15Cl2N5O/c1-10-6-11(2)16(14(19)7-10)20-15(25)9-24-22-17(21-23-24)12-4-3-5-13(18)8-12/h3-8H,9H2,1-2H3,(H,20,25). The molecule has 0 aliphatic rings. The minimum absolute atomic E-state index is 0.0722. The van der Waals surface area contributed by atoms with Crippen LogP contribution in [0.15, 0.2) is 36.4 Å². The molecule has 0 saturated heterocycles. The quantitative estimate of drug-likeness (QED) is 0.750. The molecule has 0 bridgehead atoms. The van der Waals surface area contributed by atoms with Gasteiger partial charge in [0.25, 0.3) is 0 Å². The highest BCUT2D eigenvalue weighted by Gasteiger charge is 2.13. The maximum absolute atomic E-state index is 12.3. The van der Waals surface area contributed by atoms with E-state index in [0.29, 0.717) is 21.6 Å². The van der Waals surface area contributed by atoms with Crippen LogP contribution in [0.5, 0.6) is 0 Å². The Kier molecular flexibility index (Phi) is 5.01. The lowest BCUT2D eigenvalue weighted by Crippen LogP contribution is -2.21. The Bertz CT molecular complexity index is 915. The van der Waals surface area contributed by atoms with Gasteiger partial charge in [-0.15, -0.1) is 10.2 Å². The van der Waals surface area contributed by atoms with Crippen LogP contribution in [-0.4, -0.2) is 26.1 Å². The van der Waals surface area contributed by atoms with Crippen molar-refractivity contribution in [3.63, 3.8) is 0 Å². The predicted molar refractivity (Wildman–Crippen MR) is 97.8 cm³/mol. The van der Waals surface area contributed by atoms with E-state index in [4.69, 9.17) is 23.2 Å². The normalized spacial score (nSPS) is 10.7. The van der Waals surface area contributed by atoms with Crippen LogP contribution < -0.4 is 5.32 Å². The number of carbonyl (C=O) groups is 1. The number of aromatic nitrogens is 4. The van der Waals surface area contributed by atoms with E-state index in [-0.39, 0.29) is 12.5 Å². The second kappa shape index (κ2) is 7.21. The molecule has 1 heterocycles. The van der Waals surface area contributed by atoms with Gasteiger partial charge in [0, 0.05) is 10.6 Å². The molecule has 8 heteroatoms. The van der Waals surface area contributed by atoms with Gasteiger partial charge in [-0.3, -0.25) is 4.79 Å². The Hall–Kier alpha value is -2.44. The van der Waals surface area contributed by atoms with E-state index in [1.165, 1.54) is 4.80 Å². The van der Waals surface area contributed by atoms with Gasteiger partial charge in [0.2, 0.25) is 11.7 Å². The molecule has 2 aromatic carbocycles. The molecule has 0 aliphatic carbocycles. The van der Waals surface area contributed by atoms with Crippen LogP contribution in [0.3, 0.4) is 0 Å². The van der Waals surface area contributed by atoms with Crippen LogP contribution in [0.4, 0.5) is 5.69 Å². The zero-order chi connectivity index (χ0) is 18.0. The summed E-state index contributed by atoms with van der Waals surface area (Å²) in [4.78, 5) is 13.5. The molecule has 0 saturated carbocycles. The summed E-state index contributed by atoms with van der Waals surface area (Å²) in [5.41, 5.74) is 3.25. The SMILES string of the molecule is Cc1cc(C)c(NC(=O)Cn2nnc(-c3cccc(Cl)c3)n2)c(Cl)c1. The van der Waals surface area contributed by atoms with Gasteiger partial charge in [-0.1, -0.05) is 41.4 Å². The molecule has 6 nitrogen and oxygen atoms in total. The lowest BCUT2D eigenvalue weighted by Gasteiger charge is -2.11. The molecule has 25 heavy (non-hydrogen) atoms. The molecule has 0 spiro atoms. The number of halogens is 2. The van der Waals surface area contributed by atoms with E-state index in [2.05, 4.69) is 20.7 Å². The smallest absolute Gasteiger partial charge is 0.248 e. The maximum Gasteiger partial charge on any atom is 0.248 e. The molecular weight excluding hydrogens is 361 g/mol. The molecular formula is C17H15Cl2N5O. The number of aryl methyl sites for hydroxylation is 2. The number of carbonyl (C=O) groups excluding carboxylic acids is 1. The van der Waals surface area contributed by atoms with Gasteiger partial charge in [0.05, 0.1) is 10.7 Å². The molecule has 0 unspecified atom stereocenters. The molecule has 1 amide bonds. The minimum atomic E-state index is -0.288. The van der Waals surface area contributed by atoms with Crippen molar-refractivity contribution in [3.05, 3.63) is 57.6 Å². The van der Waals surface area contributed by atoms with E-state index in [9.17, 15) is 4.79 Å². The van der Waals surface area contributed by atoms with E-state index < -0.39 is 0 Å². The fraction of sp³-hybridized carbons (Fsp3) is 0.176. The molecule has 3 rings (SSSR count). The molecule has 3 aromatic rings. The van der Waals surface area contributed by atoms with Crippen LogP contribution in [0.1, 0.15) is 11.1 Å². The van der Waals surface area contributed by atoms with Crippen LogP contribution in [0.25, 0.3) is 11.4 Å². The lowest BCUT2D eigenvalue weighted by atomic mass is 10.1. The van der Waals surface area contributed by atoms with Crippen LogP contribution >= 0.6 is 23.2 Å². The summed E-state index contributed by atoms with van der Waals surface area (Å²) in [6.07, 6.45) is 0. The molecule has 0 radical (unpaired) electrons. The first-order chi connectivity index (χ1) is 11.9. The lowest BCUT2D eigenvalue weighted by molar-refractivity contribution is -0.117. The first kappa shape index (κ1) is 17.4. The Labute approximate surface area is 154 Å². The van der Waals surface area contributed by atoms with Gasteiger partial charge in [-0.05, 0) is 48.4 Å². The zero-order valence-electron chi connectivity index (χ0n) is 13.6. The molecule has 0 atom stereocenters. The average molecular weight is 376 g/mol. The van der Waals surface area contributed by atoms with Gasteiger partial charge in [-0.25, -0.2) is 0 Å².